The highest BCUT2D eigenvalue weighted by molar-refractivity contribution is 8.00. The van der Waals surface area contributed by atoms with E-state index < -0.39 is 0 Å². The highest BCUT2D eigenvalue weighted by Gasteiger charge is 2.24. The Bertz CT molecular complexity index is 381. The summed E-state index contributed by atoms with van der Waals surface area (Å²) in [5.74, 6) is 1.79. The molecule has 19 heavy (non-hydrogen) atoms. The van der Waals surface area contributed by atoms with Gasteiger partial charge in [-0.05, 0) is 55.3 Å². The van der Waals surface area contributed by atoms with Crippen LogP contribution in [0.3, 0.4) is 0 Å². The zero-order valence-corrected chi connectivity index (χ0v) is 13.3. The van der Waals surface area contributed by atoms with Crippen molar-refractivity contribution in [2.24, 2.45) is 11.8 Å². The van der Waals surface area contributed by atoms with Crippen molar-refractivity contribution in [3.63, 3.8) is 0 Å². The highest BCUT2D eigenvalue weighted by Crippen LogP contribution is 2.38. The molecule has 1 aliphatic rings. The van der Waals surface area contributed by atoms with Gasteiger partial charge in [-0.25, -0.2) is 0 Å². The predicted molar refractivity (Wildman–Crippen MR) is 85.6 cm³/mol. The van der Waals surface area contributed by atoms with Crippen LogP contribution in [0.5, 0.6) is 0 Å². The van der Waals surface area contributed by atoms with E-state index in [9.17, 15) is 0 Å². The van der Waals surface area contributed by atoms with Crippen LogP contribution in [-0.4, -0.2) is 11.8 Å². The molecule has 1 N–H and O–H groups in total. The Hall–Kier alpha value is -0.470. The maximum atomic E-state index is 3.40. The summed E-state index contributed by atoms with van der Waals surface area (Å²) in [5.41, 5.74) is 1.41. The molecule has 2 unspecified atom stereocenters. The highest BCUT2D eigenvalue weighted by atomic mass is 32.2. The van der Waals surface area contributed by atoms with E-state index >= 15 is 0 Å². The standard InChI is InChI=1S/C17H27NS/c1-4-18-12-15-6-5-7-16(11-15)19-17-9-13(2)8-14(3)10-17/h5-7,11,13-14,17-18H,4,8-10,12H2,1-3H3. The Kier molecular flexibility index (Phi) is 5.77. The smallest absolute Gasteiger partial charge is 0.0205 e. The van der Waals surface area contributed by atoms with Crippen molar-refractivity contribution in [2.75, 3.05) is 6.54 Å². The molecule has 1 aromatic carbocycles. The van der Waals surface area contributed by atoms with E-state index in [4.69, 9.17) is 0 Å². The molecule has 0 heterocycles. The fraction of sp³-hybridized carbons (Fsp3) is 0.647. The zero-order chi connectivity index (χ0) is 13.7. The average Bonchev–Trinajstić information content (AvgIpc) is 2.35. The van der Waals surface area contributed by atoms with Crippen LogP contribution in [0.4, 0.5) is 0 Å². The van der Waals surface area contributed by atoms with Crippen LogP contribution in [0, 0.1) is 11.8 Å². The first-order valence-corrected chi connectivity index (χ1v) is 8.51. The van der Waals surface area contributed by atoms with Crippen molar-refractivity contribution in [2.45, 2.75) is 56.7 Å². The van der Waals surface area contributed by atoms with Crippen LogP contribution < -0.4 is 5.32 Å². The Labute approximate surface area is 122 Å². The molecule has 0 spiro atoms. The summed E-state index contributed by atoms with van der Waals surface area (Å²) < 4.78 is 0. The van der Waals surface area contributed by atoms with Gasteiger partial charge in [0.1, 0.15) is 0 Å². The second kappa shape index (κ2) is 7.35. The third kappa shape index (κ3) is 4.85. The molecule has 0 bridgehead atoms. The molecule has 1 fully saturated rings. The molecule has 2 heteroatoms. The SMILES string of the molecule is CCNCc1cccc(SC2CC(C)CC(C)C2)c1. The average molecular weight is 277 g/mol. The first-order valence-electron chi connectivity index (χ1n) is 7.63. The molecule has 0 radical (unpaired) electrons. The molecule has 1 aliphatic carbocycles. The molecule has 106 valence electrons. The fourth-order valence-corrected chi connectivity index (χ4v) is 4.77. The summed E-state index contributed by atoms with van der Waals surface area (Å²) in [5, 5.41) is 4.21. The second-order valence-corrected chi connectivity index (χ2v) is 7.46. The fourth-order valence-electron chi connectivity index (χ4n) is 3.16. The molecule has 0 aromatic heterocycles. The van der Waals surface area contributed by atoms with E-state index in [0.717, 1.165) is 30.2 Å². The van der Waals surface area contributed by atoms with Gasteiger partial charge in [0.2, 0.25) is 0 Å². The monoisotopic (exact) mass is 277 g/mol. The van der Waals surface area contributed by atoms with Crippen LogP contribution >= 0.6 is 11.8 Å². The van der Waals surface area contributed by atoms with Crippen LogP contribution in [-0.2, 0) is 6.54 Å². The van der Waals surface area contributed by atoms with Gasteiger partial charge in [0.25, 0.3) is 0 Å². The molecule has 0 saturated heterocycles. The summed E-state index contributed by atoms with van der Waals surface area (Å²) in [4.78, 5) is 1.45. The maximum absolute atomic E-state index is 3.40. The predicted octanol–water partition coefficient (Wildman–Crippen LogP) is 4.71. The van der Waals surface area contributed by atoms with Gasteiger partial charge >= 0.3 is 0 Å². The number of hydrogen-bond acceptors (Lipinski definition) is 2. The van der Waals surface area contributed by atoms with Crippen molar-refractivity contribution in [1.82, 2.24) is 5.32 Å². The number of hydrogen-bond donors (Lipinski definition) is 1. The number of nitrogens with one attached hydrogen (secondary N) is 1. The van der Waals surface area contributed by atoms with Crippen molar-refractivity contribution >= 4 is 11.8 Å². The van der Waals surface area contributed by atoms with Crippen molar-refractivity contribution in [3.05, 3.63) is 29.8 Å². The normalized spacial score (nSPS) is 27.4. The lowest BCUT2D eigenvalue weighted by molar-refractivity contribution is 0.309. The molecule has 2 atom stereocenters. The molecule has 1 aromatic rings. The van der Waals surface area contributed by atoms with Gasteiger partial charge in [0.05, 0.1) is 0 Å². The summed E-state index contributed by atoms with van der Waals surface area (Å²) in [6, 6.07) is 9.05. The van der Waals surface area contributed by atoms with Gasteiger partial charge in [-0.3, -0.25) is 0 Å². The lowest BCUT2D eigenvalue weighted by atomic mass is 9.83. The molecular formula is C17H27NS. The zero-order valence-electron chi connectivity index (χ0n) is 12.5. The number of rotatable bonds is 5. The maximum Gasteiger partial charge on any atom is 0.0205 e. The molecule has 2 rings (SSSR count). The van der Waals surface area contributed by atoms with Gasteiger partial charge in [0, 0.05) is 16.7 Å². The van der Waals surface area contributed by atoms with E-state index in [-0.39, 0.29) is 0 Å². The van der Waals surface area contributed by atoms with Gasteiger partial charge < -0.3 is 5.32 Å². The first-order chi connectivity index (χ1) is 9.17. The topological polar surface area (TPSA) is 12.0 Å². The van der Waals surface area contributed by atoms with Crippen LogP contribution in [0.25, 0.3) is 0 Å². The minimum absolute atomic E-state index is 0.813. The molecule has 0 amide bonds. The number of benzene rings is 1. The van der Waals surface area contributed by atoms with E-state index in [1.807, 2.05) is 0 Å². The molecule has 1 nitrogen and oxygen atoms in total. The molecule has 1 saturated carbocycles. The molecular weight excluding hydrogens is 250 g/mol. The quantitative estimate of drug-likeness (QED) is 0.836. The van der Waals surface area contributed by atoms with Crippen LogP contribution in [0.1, 0.15) is 45.6 Å². The van der Waals surface area contributed by atoms with Crippen LogP contribution in [0.2, 0.25) is 0 Å². The van der Waals surface area contributed by atoms with Gasteiger partial charge in [-0.1, -0.05) is 32.9 Å². The Morgan fingerprint density at radius 3 is 2.58 bits per heavy atom. The van der Waals surface area contributed by atoms with E-state index in [1.54, 1.807) is 0 Å². The summed E-state index contributed by atoms with van der Waals surface area (Å²) >= 11 is 2.09. The third-order valence-corrected chi connectivity index (χ3v) is 5.16. The number of thioether (sulfide) groups is 1. The lowest BCUT2D eigenvalue weighted by Gasteiger charge is -2.31. The Balaban J connectivity index is 1.94. The third-order valence-electron chi connectivity index (χ3n) is 3.92. The minimum Gasteiger partial charge on any atom is -0.313 e. The molecule has 0 aliphatic heterocycles. The summed E-state index contributed by atoms with van der Waals surface area (Å²) in [6.45, 7) is 9.00. The largest absolute Gasteiger partial charge is 0.313 e. The second-order valence-electron chi connectivity index (χ2n) is 6.09. The van der Waals surface area contributed by atoms with Gasteiger partial charge in [-0.15, -0.1) is 11.8 Å². The van der Waals surface area contributed by atoms with E-state index in [1.165, 1.54) is 29.7 Å². The van der Waals surface area contributed by atoms with Crippen LogP contribution in [0.15, 0.2) is 29.2 Å². The summed E-state index contributed by atoms with van der Waals surface area (Å²) in [7, 11) is 0. The van der Waals surface area contributed by atoms with Gasteiger partial charge in [0.15, 0.2) is 0 Å². The van der Waals surface area contributed by atoms with E-state index in [0.29, 0.717) is 0 Å². The van der Waals surface area contributed by atoms with Crippen molar-refractivity contribution in [3.8, 4) is 0 Å². The Morgan fingerprint density at radius 1 is 1.16 bits per heavy atom. The van der Waals surface area contributed by atoms with Gasteiger partial charge in [-0.2, -0.15) is 0 Å². The van der Waals surface area contributed by atoms with Crippen molar-refractivity contribution in [1.29, 1.82) is 0 Å². The summed E-state index contributed by atoms with van der Waals surface area (Å²) in [6.07, 6.45) is 4.18. The minimum atomic E-state index is 0.813. The lowest BCUT2D eigenvalue weighted by Crippen LogP contribution is -2.21. The first kappa shape index (κ1) is 14.9. The Morgan fingerprint density at radius 2 is 1.89 bits per heavy atom. The van der Waals surface area contributed by atoms with E-state index in [2.05, 4.69) is 62.1 Å². The van der Waals surface area contributed by atoms with Crippen molar-refractivity contribution < 1.29 is 0 Å².